The van der Waals surface area contributed by atoms with Crippen LogP contribution in [0.1, 0.15) is 85.3 Å². The predicted octanol–water partition coefficient (Wildman–Crippen LogP) is 6.30. The lowest BCUT2D eigenvalue weighted by Crippen LogP contribution is -2.31. The molecule has 0 saturated heterocycles. The van der Waals surface area contributed by atoms with Crippen LogP contribution in [-0.2, 0) is 6.42 Å². The number of pyridine rings is 1. The molecule has 31 heavy (non-hydrogen) atoms. The van der Waals surface area contributed by atoms with Crippen LogP contribution in [0, 0.1) is 11.2 Å². The SMILES string of the molecule is CC1(C)Cc2nc(C3CCCC3)c(C(=O)C(F)(F)F)c(-c3ccc(F)cc3)c2C(O)C1. The van der Waals surface area contributed by atoms with Gasteiger partial charge in [0.15, 0.2) is 0 Å². The fraction of sp³-hybridized carbons (Fsp3) is 0.500. The van der Waals surface area contributed by atoms with Gasteiger partial charge in [-0.05, 0) is 48.8 Å². The summed E-state index contributed by atoms with van der Waals surface area (Å²) in [5.41, 5.74) is 0.528. The van der Waals surface area contributed by atoms with Gasteiger partial charge in [-0.3, -0.25) is 9.78 Å². The summed E-state index contributed by atoms with van der Waals surface area (Å²) in [5.74, 6) is -2.73. The van der Waals surface area contributed by atoms with Gasteiger partial charge in [-0.25, -0.2) is 4.39 Å². The predicted molar refractivity (Wildman–Crippen MR) is 108 cm³/mol. The summed E-state index contributed by atoms with van der Waals surface area (Å²) in [4.78, 5) is 17.3. The van der Waals surface area contributed by atoms with Gasteiger partial charge in [-0.2, -0.15) is 13.2 Å². The molecule has 1 aromatic carbocycles. The lowest BCUT2D eigenvalue weighted by atomic mass is 9.71. The molecule has 1 aromatic heterocycles. The second kappa shape index (κ2) is 7.69. The highest BCUT2D eigenvalue weighted by Gasteiger charge is 2.46. The molecule has 1 unspecified atom stereocenters. The van der Waals surface area contributed by atoms with Gasteiger partial charge in [0.2, 0.25) is 0 Å². The number of rotatable bonds is 3. The number of fused-ring (bicyclic) bond motifs is 1. The molecule has 2 aromatic rings. The van der Waals surface area contributed by atoms with Crippen molar-refractivity contribution in [2.75, 3.05) is 0 Å². The van der Waals surface area contributed by atoms with Crippen molar-refractivity contribution in [2.45, 2.75) is 70.6 Å². The molecular weight excluding hydrogens is 410 g/mol. The van der Waals surface area contributed by atoms with Crippen LogP contribution in [0.5, 0.6) is 0 Å². The Morgan fingerprint density at radius 2 is 1.74 bits per heavy atom. The number of hydrogen-bond donors (Lipinski definition) is 1. The third kappa shape index (κ3) is 4.12. The quantitative estimate of drug-likeness (QED) is 0.455. The number of halogens is 4. The van der Waals surface area contributed by atoms with Crippen molar-refractivity contribution in [3.63, 3.8) is 0 Å². The first-order chi connectivity index (χ1) is 14.5. The molecule has 2 aliphatic rings. The van der Waals surface area contributed by atoms with Crippen LogP contribution in [0.3, 0.4) is 0 Å². The zero-order valence-corrected chi connectivity index (χ0v) is 17.5. The Hall–Kier alpha value is -2.28. The van der Waals surface area contributed by atoms with Gasteiger partial charge in [-0.1, -0.05) is 38.8 Å². The zero-order valence-electron chi connectivity index (χ0n) is 17.5. The van der Waals surface area contributed by atoms with Crippen LogP contribution in [-0.4, -0.2) is 22.1 Å². The smallest absolute Gasteiger partial charge is 0.388 e. The second-order valence-electron chi connectivity index (χ2n) is 9.48. The normalized spacial score (nSPS) is 21.2. The van der Waals surface area contributed by atoms with E-state index in [1.807, 2.05) is 13.8 Å². The molecule has 1 atom stereocenters. The molecule has 2 aliphatic carbocycles. The van der Waals surface area contributed by atoms with E-state index in [0.29, 0.717) is 31.4 Å². The monoisotopic (exact) mass is 435 g/mol. The number of aliphatic hydroxyl groups is 1. The minimum absolute atomic E-state index is 0.0530. The van der Waals surface area contributed by atoms with Gasteiger partial charge in [0.1, 0.15) is 5.82 Å². The fourth-order valence-electron chi connectivity index (χ4n) is 5.10. The summed E-state index contributed by atoms with van der Waals surface area (Å²) in [6.07, 6.45) is -2.28. The van der Waals surface area contributed by atoms with Crippen LogP contribution in [0.4, 0.5) is 17.6 Å². The van der Waals surface area contributed by atoms with Crippen LogP contribution in [0.2, 0.25) is 0 Å². The summed E-state index contributed by atoms with van der Waals surface area (Å²) in [6, 6.07) is 5.03. The van der Waals surface area contributed by atoms with E-state index in [-0.39, 0.29) is 33.7 Å². The molecule has 0 radical (unpaired) electrons. The van der Waals surface area contributed by atoms with Crippen LogP contribution in [0.25, 0.3) is 11.1 Å². The van der Waals surface area contributed by atoms with Crippen molar-refractivity contribution in [3.05, 3.63) is 52.6 Å². The Morgan fingerprint density at radius 1 is 1.13 bits per heavy atom. The van der Waals surface area contributed by atoms with Crippen molar-refractivity contribution in [1.82, 2.24) is 4.98 Å². The van der Waals surface area contributed by atoms with Crippen molar-refractivity contribution in [1.29, 1.82) is 0 Å². The summed E-state index contributed by atoms with van der Waals surface area (Å²) in [5, 5.41) is 11.0. The van der Waals surface area contributed by atoms with E-state index < -0.39 is 29.4 Å². The van der Waals surface area contributed by atoms with Crippen molar-refractivity contribution < 1.29 is 27.5 Å². The molecule has 1 saturated carbocycles. The molecule has 0 bridgehead atoms. The molecule has 166 valence electrons. The first kappa shape index (κ1) is 21.9. The van der Waals surface area contributed by atoms with Gasteiger partial charge in [-0.15, -0.1) is 0 Å². The molecule has 1 N–H and O–H groups in total. The summed E-state index contributed by atoms with van der Waals surface area (Å²) in [7, 11) is 0. The number of hydrogen-bond acceptors (Lipinski definition) is 3. The maximum Gasteiger partial charge on any atom is 0.454 e. The maximum atomic E-state index is 13.7. The van der Waals surface area contributed by atoms with E-state index in [9.17, 15) is 27.5 Å². The number of benzene rings is 1. The number of aliphatic hydroxyl groups excluding tert-OH is 1. The molecule has 1 heterocycles. The molecule has 0 amide bonds. The van der Waals surface area contributed by atoms with E-state index in [4.69, 9.17) is 0 Å². The number of carbonyl (C=O) groups is 1. The van der Waals surface area contributed by atoms with E-state index in [2.05, 4.69) is 4.98 Å². The average molecular weight is 435 g/mol. The van der Waals surface area contributed by atoms with Crippen molar-refractivity contribution in [2.24, 2.45) is 5.41 Å². The Bertz CT molecular complexity index is 1010. The molecule has 0 spiro atoms. The van der Waals surface area contributed by atoms with E-state index in [1.165, 1.54) is 12.1 Å². The highest BCUT2D eigenvalue weighted by molar-refractivity contribution is 6.07. The molecule has 7 heteroatoms. The van der Waals surface area contributed by atoms with Gasteiger partial charge in [0.05, 0.1) is 17.4 Å². The number of nitrogens with zero attached hydrogens (tertiary/aromatic N) is 1. The average Bonchev–Trinajstić information content (AvgIpc) is 3.19. The second-order valence-corrected chi connectivity index (χ2v) is 9.48. The number of Topliss-reactive ketones (excluding diaryl/α,β-unsaturated/α-hetero) is 1. The third-order valence-electron chi connectivity index (χ3n) is 6.43. The lowest BCUT2D eigenvalue weighted by Gasteiger charge is -2.37. The number of aromatic nitrogens is 1. The summed E-state index contributed by atoms with van der Waals surface area (Å²) in [6.45, 7) is 3.95. The molecular formula is C24H25F4NO2. The molecule has 3 nitrogen and oxygen atoms in total. The zero-order chi connectivity index (χ0) is 22.6. The summed E-state index contributed by atoms with van der Waals surface area (Å²) >= 11 is 0. The maximum absolute atomic E-state index is 13.7. The largest absolute Gasteiger partial charge is 0.454 e. The van der Waals surface area contributed by atoms with Gasteiger partial charge in [0.25, 0.3) is 5.78 Å². The Balaban J connectivity index is 2.08. The minimum Gasteiger partial charge on any atom is -0.388 e. The van der Waals surface area contributed by atoms with E-state index >= 15 is 0 Å². The Morgan fingerprint density at radius 3 is 2.32 bits per heavy atom. The van der Waals surface area contributed by atoms with Gasteiger partial charge >= 0.3 is 6.18 Å². The van der Waals surface area contributed by atoms with Crippen molar-refractivity contribution >= 4 is 5.78 Å². The van der Waals surface area contributed by atoms with Gasteiger partial charge < -0.3 is 5.11 Å². The topological polar surface area (TPSA) is 50.2 Å². The van der Waals surface area contributed by atoms with Crippen LogP contribution < -0.4 is 0 Å². The standard InChI is InChI=1S/C24H25F4NO2/c1-23(2)11-16-19(17(30)12-23)18(13-7-9-15(25)10-8-13)20(22(31)24(26,27)28)21(29-16)14-5-3-4-6-14/h7-10,14,17,30H,3-6,11-12H2,1-2H3. The number of carbonyl (C=O) groups excluding carboxylic acids is 1. The third-order valence-corrected chi connectivity index (χ3v) is 6.43. The Kier molecular flexibility index (Phi) is 5.44. The fourth-order valence-corrected chi connectivity index (χ4v) is 5.10. The van der Waals surface area contributed by atoms with Crippen molar-refractivity contribution in [3.8, 4) is 11.1 Å². The number of ketones is 1. The molecule has 0 aliphatic heterocycles. The van der Waals surface area contributed by atoms with E-state index in [0.717, 1.165) is 25.0 Å². The van der Waals surface area contributed by atoms with Crippen LogP contribution >= 0.6 is 0 Å². The van der Waals surface area contributed by atoms with E-state index in [1.54, 1.807) is 0 Å². The van der Waals surface area contributed by atoms with Gasteiger partial charge in [0, 0.05) is 22.7 Å². The lowest BCUT2D eigenvalue weighted by molar-refractivity contribution is -0.0886. The highest BCUT2D eigenvalue weighted by atomic mass is 19.4. The Labute approximate surface area is 178 Å². The number of alkyl halides is 3. The summed E-state index contributed by atoms with van der Waals surface area (Å²) < 4.78 is 54.7. The van der Waals surface area contributed by atoms with Crippen LogP contribution in [0.15, 0.2) is 24.3 Å². The first-order valence-corrected chi connectivity index (χ1v) is 10.6. The molecule has 4 rings (SSSR count). The first-order valence-electron chi connectivity index (χ1n) is 10.6. The minimum atomic E-state index is -5.09. The molecule has 1 fully saturated rings. The highest BCUT2D eigenvalue weighted by Crippen LogP contribution is 2.48.